The van der Waals surface area contributed by atoms with E-state index in [2.05, 4.69) is 5.32 Å². The average molecular weight is 481 g/mol. The van der Waals surface area contributed by atoms with Gasteiger partial charge in [-0.15, -0.1) is 0 Å². The minimum Gasteiger partial charge on any atom is -0.351 e. The van der Waals surface area contributed by atoms with Crippen LogP contribution in [0.3, 0.4) is 0 Å². The quantitative estimate of drug-likeness (QED) is 0.297. The Labute approximate surface area is 201 Å². The van der Waals surface area contributed by atoms with Gasteiger partial charge in [0.2, 0.25) is 5.91 Å². The molecule has 4 rings (SSSR count). The molecule has 0 aliphatic carbocycles. The third-order valence-electron chi connectivity index (χ3n) is 5.33. The lowest BCUT2D eigenvalue weighted by Gasteiger charge is -2.16. The molecule has 1 amide bonds. The third-order valence-corrected chi connectivity index (χ3v) is 6.53. The monoisotopic (exact) mass is 480 g/mol. The summed E-state index contributed by atoms with van der Waals surface area (Å²) >= 11 is 7.18. The predicted molar refractivity (Wildman–Crippen MR) is 135 cm³/mol. The molecule has 6 nitrogen and oxygen atoms in total. The Morgan fingerprint density at radius 2 is 1.82 bits per heavy atom. The minimum absolute atomic E-state index is 0.0934. The van der Waals surface area contributed by atoms with Crippen LogP contribution in [0.2, 0.25) is 5.02 Å². The van der Waals surface area contributed by atoms with Crippen molar-refractivity contribution in [3.63, 3.8) is 0 Å². The van der Waals surface area contributed by atoms with Gasteiger partial charge in [0, 0.05) is 36.4 Å². The Balaban J connectivity index is 1.62. The van der Waals surface area contributed by atoms with Crippen molar-refractivity contribution in [2.45, 2.75) is 31.6 Å². The summed E-state index contributed by atoms with van der Waals surface area (Å²) in [4.78, 5) is 30.8. The Hall–Kier alpha value is -3.03. The van der Waals surface area contributed by atoms with Crippen LogP contribution in [0.25, 0.3) is 22.2 Å². The number of amides is 1. The Kier molecular flexibility index (Phi) is 6.91. The minimum atomic E-state index is -0.129. The van der Waals surface area contributed by atoms with Gasteiger partial charge in [0.15, 0.2) is 5.16 Å². The van der Waals surface area contributed by atoms with Gasteiger partial charge >= 0.3 is 0 Å². The smallest absolute Gasteiger partial charge is 0.278 e. The summed E-state index contributed by atoms with van der Waals surface area (Å²) in [6.45, 7) is 4.30. The van der Waals surface area contributed by atoms with Crippen molar-refractivity contribution >= 4 is 40.3 Å². The first-order chi connectivity index (χ1) is 15.8. The van der Waals surface area contributed by atoms with Gasteiger partial charge in [-0.25, -0.2) is 4.98 Å². The summed E-state index contributed by atoms with van der Waals surface area (Å²) in [5.41, 5.74) is 3.95. The maximum Gasteiger partial charge on any atom is 0.278 e. The standard InChI is InChI=1S/C25H25ClN4O2S/c1-16(2)30-24(32)23-22(20(14-29(23)3)18-7-5-4-6-8-18)28-25(30)33-15-21(31)27-13-17-9-11-19(26)12-10-17/h4-12,14,16H,13,15H2,1-3H3,(H,27,31). The number of hydrogen-bond donors (Lipinski definition) is 1. The molecule has 0 bridgehead atoms. The van der Waals surface area contributed by atoms with E-state index in [0.717, 1.165) is 16.7 Å². The van der Waals surface area contributed by atoms with Gasteiger partial charge in [-0.3, -0.25) is 14.2 Å². The third kappa shape index (κ3) is 4.99. The fraction of sp³-hybridized carbons (Fsp3) is 0.240. The number of carbonyl (C=O) groups is 1. The number of nitrogens with zero attached hydrogens (tertiary/aromatic N) is 3. The van der Waals surface area contributed by atoms with E-state index in [-0.39, 0.29) is 23.3 Å². The highest BCUT2D eigenvalue weighted by Gasteiger charge is 2.20. The molecule has 8 heteroatoms. The topological polar surface area (TPSA) is 68.9 Å². The lowest BCUT2D eigenvalue weighted by Crippen LogP contribution is -2.28. The first kappa shape index (κ1) is 23.1. The molecule has 2 heterocycles. The second-order valence-corrected chi connectivity index (χ2v) is 9.45. The van der Waals surface area contributed by atoms with Crippen molar-refractivity contribution in [3.8, 4) is 11.1 Å². The molecule has 2 aromatic heterocycles. The van der Waals surface area contributed by atoms with Crippen molar-refractivity contribution in [1.29, 1.82) is 0 Å². The number of aromatic nitrogens is 3. The van der Waals surface area contributed by atoms with E-state index in [4.69, 9.17) is 16.6 Å². The number of fused-ring (bicyclic) bond motifs is 1. The largest absolute Gasteiger partial charge is 0.351 e. The van der Waals surface area contributed by atoms with Gasteiger partial charge in [0.25, 0.3) is 5.56 Å². The second-order valence-electron chi connectivity index (χ2n) is 8.07. The van der Waals surface area contributed by atoms with Crippen LogP contribution in [-0.2, 0) is 18.4 Å². The molecule has 1 N–H and O–H groups in total. The fourth-order valence-corrected chi connectivity index (χ4v) is 4.78. The van der Waals surface area contributed by atoms with Gasteiger partial charge < -0.3 is 9.88 Å². The van der Waals surface area contributed by atoms with Gasteiger partial charge in [-0.1, -0.05) is 65.8 Å². The number of aryl methyl sites for hydroxylation is 1. The molecule has 0 spiro atoms. The molecule has 0 fully saturated rings. The number of hydrogen-bond acceptors (Lipinski definition) is 4. The van der Waals surface area contributed by atoms with Gasteiger partial charge in [0.05, 0.1) is 5.75 Å². The summed E-state index contributed by atoms with van der Waals surface area (Å²) in [5.74, 6) is 0.0297. The first-order valence-corrected chi connectivity index (χ1v) is 12.0. The van der Waals surface area contributed by atoms with Crippen molar-refractivity contribution in [3.05, 3.63) is 81.7 Å². The lowest BCUT2D eigenvalue weighted by atomic mass is 10.1. The van der Waals surface area contributed by atoms with Crippen LogP contribution in [0.15, 0.2) is 70.7 Å². The van der Waals surface area contributed by atoms with Crippen LogP contribution >= 0.6 is 23.4 Å². The van der Waals surface area contributed by atoms with Crippen molar-refractivity contribution in [2.75, 3.05) is 5.75 Å². The van der Waals surface area contributed by atoms with E-state index >= 15 is 0 Å². The van der Waals surface area contributed by atoms with E-state index in [9.17, 15) is 9.59 Å². The molecule has 0 radical (unpaired) electrons. The summed E-state index contributed by atoms with van der Waals surface area (Å²) < 4.78 is 3.49. The highest BCUT2D eigenvalue weighted by Crippen LogP contribution is 2.30. The number of halogens is 1. The normalized spacial score (nSPS) is 11.3. The second kappa shape index (κ2) is 9.85. The zero-order valence-corrected chi connectivity index (χ0v) is 20.3. The predicted octanol–water partition coefficient (Wildman–Crippen LogP) is 5.04. The van der Waals surface area contributed by atoms with Crippen LogP contribution < -0.4 is 10.9 Å². The number of rotatable bonds is 7. The number of nitrogens with one attached hydrogen (secondary N) is 1. The molecule has 0 atom stereocenters. The molecule has 2 aromatic carbocycles. The van der Waals surface area contributed by atoms with Crippen molar-refractivity contribution in [2.24, 2.45) is 7.05 Å². The van der Waals surface area contributed by atoms with E-state index < -0.39 is 0 Å². The van der Waals surface area contributed by atoms with Crippen molar-refractivity contribution in [1.82, 2.24) is 19.4 Å². The summed E-state index contributed by atoms with van der Waals surface area (Å²) in [5, 5.41) is 4.10. The van der Waals surface area contributed by atoms with Crippen molar-refractivity contribution < 1.29 is 4.79 Å². The fourth-order valence-electron chi connectivity index (χ4n) is 3.70. The summed E-state index contributed by atoms with van der Waals surface area (Å²) in [7, 11) is 1.86. The number of carbonyl (C=O) groups excluding carboxylic acids is 1. The summed E-state index contributed by atoms with van der Waals surface area (Å²) in [6.07, 6.45) is 1.94. The average Bonchev–Trinajstić information content (AvgIpc) is 3.14. The maximum absolute atomic E-state index is 13.4. The molecule has 0 aliphatic heterocycles. The van der Waals surface area contributed by atoms with E-state index in [0.29, 0.717) is 27.8 Å². The Morgan fingerprint density at radius 3 is 2.48 bits per heavy atom. The molecule has 4 aromatic rings. The number of thioether (sulfide) groups is 1. The van der Waals surface area contributed by atoms with E-state index in [1.54, 1.807) is 16.7 Å². The van der Waals surface area contributed by atoms with E-state index in [1.807, 2.05) is 74.1 Å². The zero-order chi connectivity index (χ0) is 23.5. The molecular weight excluding hydrogens is 456 g/mol. The molecule has 0 saturated heterocycles. The zero-order valence-electron chi connectivity index (χ0n) is 18.7. The first-order valence-electron chi connectivity index (χ1n) is 10.7. The highest BCUT2D eigenvalue weighted by molar-refractivity contribution is 7.99. The van der Waals surface area contributed by atoms with E-state index in [1.165, 1.54) is 11.8 Å². The maximum atomic E-state index is 13.4. The van der Waals surface area contributed by atoms with Gasteiger partial charge in [-0.2, -0.15) is 0 Å². The van der Waals surface area contributed by atoms with Crippen LogP contribution in [0.5, 0.6) is 0 Å². The number of benzene rings is 2. The molecule has 0 unspecified atom stereocenters. The van der Waals surface area contributed by atoms with Crippen LogP contribution in [0.4, 0.5) is 0 Å². The molecule has 0 aliphatic rings. The highest BCUT2D eigenvalue weighted by atomic mass is 35.5. The Bertz CT molecular complexity index is 1350. The van der Waals surface area contributed by atoms with Gasteiger partial charge in [0.1, 0.15) is 11.0 Å². The summed E-state index contributed by atoms with van der Waals surface area (Å²) in [6, 6.07) is 17.1. The molecule has 0 saturated carbocycles. The lowest BCUT2D eigenvalue weighted by molar-refractivity contribution is -0.118. The Morgan fingerprint density at radius 1 is 1.12 bits per heavy atom. The van der Waals surface area contributed by atoms with Gasteiger partial charge in [-0.05, 0) is 37.1 Å². The van der Waals surface area contributed by atoms with Crippen LogP contribution in [0.1, 0.15) is 25.5 Å². The SMILES string of the molecule is CC(C)n1c(SCC(=O)NCc2ccc(Cl)cc2)nc2c(-c3ccccc3)cn(C)c2c1=O. The molecular formula is C25H25ClN4O2S. The molecule has 33 heavy (non-hydrogen) atoms. The molecule has 170 valence electrons. The van der Waals surface area contributed by atoms with Crippen LogP contribution in [-0.4, -0.2) is 25.8 Å². The van der Waals surface area contributed by atoms with Crippen LogP contribution in [0, 0.1) is 0 Å².